The molecule has 3 aliphatic rings. The predicted molar refractivity (Wildman–Crippen MR) is 74.1 cm³/mol. The summed E-state index contributed by atoms with van der Waals surface area (Å²) in [6.45, 7) is 8.59. The van der Waals surface area contributed by atoms with Crippen molar-refractivity contribution in [1.82, 2.24) is 10.2 Å². The molecule has 1 N–H and O–H groups in total. The summed E-state index contributed by atoms with van der Waals surface area (Å²) in [6, 6.07) is 0. The average Bonchev–Trinajstić information content (AvgIpc) is 2.96. The lowest BCUT2D eigenvalue weighted by Crippen LogP contribution is -2.48. The number of hydrogen-bond donors (Lipinski definition) is 1. The molecule has 1 aliphatic carbocycles. The van der Waals surface area contributed by atoms with E-state index in [9.17, 15) is 4.79 Å². The number of amides is 1. The fraction of sp³-hybridized carbons (Fsp3) is 0.933. The van der Waals surface area contributed by atoms with Crippen LogP contribution in [0.2, 0.25) is 0 Å². The van der Waals surface area contributed by atoms with E-state index in [1.807, 2.05) is 25.7 Å². The number of ether oxygens (including phenoxy) is 1. The second-order valence-corrected chi connectivity index (χ2v) is 7.82. The van der Waals surface area contributed by atoms with Crippen LogP contribution in [0.25, 0.3) is 0 Å². The summed E-state index contributed by atoms with van der Waals surface area (Å²) in [7, 11) is 0. The van der Waals surface area contributed by atoms with E-state index in [1.54, 1.807) is 0 Å². The highest BCUT2D eigenvalue weighted by Gasteiger charge is 2.55. The zero-order valence-electron chi connectivity index (χ0n) is 12.4. The van der Waals surface area contributed by atoms with Crippen molar-refractivity contribution in [3.8, 4) is 0 Å². The van der Waals surface area contributed by atoms with Gasteiger partial charge in [0, 0.05) is 30.6 Å². The van der Waals surface area contributed by atoms with Crippen molar-refractivity contribution >= 4 is 6.09 Å². The second kappa shape index (κ2) is 4.11. The largest absolute Gasteiger partial charge is 0.444 e. The van der Waals surface area contributed by atoms with Gasteiger partial charge in [-0.05, 0) is 52.9 Å². The van der Waals surface area contributed by atoms with Crippen LogP contribution in [0.1, 0.15) is 52.9 Å². The van der Waals surface area contributed by atoms with E-state index in [-0.39, 0.29) is 6.09 Å². The number of nitrogens with one attached hydrogen (secondary N) is 1. The van der Waals surface area contributed by atoms with E-state index in [0.29, 0.717) is 11.0 Å². The number of piperidine rings is 1. The molecule has 0 aromatic heterocycles. The molecule has 4 nitrogen and oxygen atoms in total. The van der Waals surface area contributed by atoms with Gasteiger partial charge in [0.15, 0.2) is 0 Å². The summed E-state index contributed by atoms with van der Waals surface area (Å²) in [5.74, 6) is 0. The van der Waals surface area contributed by atoms with Crippen molar-refractivity contribution in [2.24, 2.45) is 5.41 Å². The number of carbonyl (C=O) groups is 1. The summed E-state index contributed by atoms with van der Waals surface area (Å²) >= 11 is 0. The number of likely N-dealkylation sites (tertiary alicyclic amines) is 1. The highest BCUT2D eigenvalue weighted by Crippen LogP contribution is 2.52. The van der Waals surface area contributed by atoms with Crippen LogP contribution in [-0.4, -0.2) is 41.8 Å². The number of rotatable bonds is 0. The van der Waals surface area contributed by atoms with Gasteiger partial charge in [0.1, 0.15) is 5.60 Å². The smallest absolute Gasteiger partial charge is 0.410 e. The van der Waals surface area contributed by atoms with Crippen LogP contribution in [0.3, 0.4) is 0 Å². The molecule has 0 aromatic carbocycles. The fourth-order valence-electron chi connectivity index (χ4n) is 3.70. The quantitative estimate of drug-likeness (QED) is 0.732. The van der Waals surface area contributed by atoms with Crippen molar-refractivity contribution in [3.05, 3.63) is 0 Å². The lowest BCUT2D eigenvalue weighted by atomic mass is 9.77. The third-order valence-electron chi connectivity index (χ3n) is 4.72. The first-order valence-corrected chi connectivity index (χ1v) is 7.55. The van der Waals surface area contributed by atoms with Gasteiger partial charge >= 0.3 is 6.09 Å². The molecule has 0 aromatic rings. The van der Waals surface area contributed by atoms with Crippen molar-refractivity contribution in [2.75, 3.05) is 19.6 Å². The van der Waals surface area contributed by atoms with Crippen molar-refractivity contribution in [3.63, 3.8) is 0 Å². The average molecular weight is 266 g/mol. The normalized spacial score (nSPS) is 32.9. The highest BCUT2D eigenvalue weighted by atomic mass is 16.6. The molecule has 2 saturated heterocycles. The number of nitrogens with zero attached hydrogens (tertiary/aromatic N) is 1. The minimum absolute atomic E-state index is 0.136. The van der Waals surface area contributed by atoms with Gasteiger partial charge in [0.25, 0.3) is 0 Å². The Balaban J connectivity index is 1.63. The van der Waals surface area contributed by atoms with Gasteiger partial charge in [0.05, 0.1) is 0 Å². The van der Waals surface area contributed by atoms with E-state index in [4.69, 9.17) is 4.74 Å². The molecule has 1 saturated carbocycles. The molecule has 1 amide bonds. The van der Waals surface area contributed by atoms with Crippen LogP contribution < -0.4 is 5.32 Å². The fourth-order valence-corrected chi connectivity index (χ4v) is 3.70. The Bertz CT molecular complexity index is 384. The highest BCUT2D eigenvalue weighted by molar-refractivity contribution is 5.68. The Morgan fingerprint density at radius 3 is 2.58 bits per heavy atom. The molecule has 2 aliphatic heterocycles. The first-order chi connectivity index (χ1) is 8.82. The van der Waals surface area contributed by atoms with E-state index in [1.165, 1.54) is 25.7 Å². The molecule has 108 valence electrons. The Labute approximate surface area is 115 Å². The molecule has 0 bridgehead atoms. The van der Waals surface area contributed by atoms with E-state index in [0.717, 1.165) is 26.1 Å². The molecular formula is C15H26N2O2. The first kappa shape index (κ1) is 13.2. The van der Waals surface area contributed by atoms with Gasteiger partial charge in [-0.2, -0.15) is 0 Å². The number of hydrogen-bond acceptors (Lipinski definition) is 3. The molecule has 0 radical (unpaired) electrons. The summed E-state index contributed by atoms with van der Waals surface area (Å²) < 4.78 is 5.51. The monoisotopic (exact) mass is 266 g/mol. The van der Waals surface area contributed by atoms with Crippen LogP contribution >= 0.6 is 0 Å². The zero-order valence-corrected chi connectivity index (χ0v) is 12.4. The van der Waals surface area contributed by atoms with Crippen LogP contribution in [0, 0.1) is 5.41 Å². The lowest BCUT2D eigenvalue weighted by molar-refractivity contribution is 0.00645. The molecule has 3 fully saturated rings. The number of carbonyl (C=O) groups excluding carboxylic acids is 1. The topological polar surface area (TPSA) is 41.6 Å². The maximum atomic E-state index is 12.2. The molecule has 19 heavy (non-hydrogen) atoms. The lowest BCUT2D eigenvalue weighted by Gasteiger charge is -2.40. The van der Waals surface area contributed by atoms with Gasteiger partial charge in [-0.15, -0.1) is 0 Å². The SMILES string of the molecule is CC(C)(C)OC(=O)N1CCCC2(CNC3(CC3)C2)C1. The summed E-state index contributed by atoms with van der Waals surface area (Å²) in [6.07, 6.45) is 6.11. The minimum atomic E-state index is -0.396. The van der Waals surface area contributed by atoms with Gasteiger partial charge in [0.2, 0.25) is 0 Å². The molecule has 1 unspecified atom stereocenters. The Hall–Kier alpha value is -0.770. The maximum Gasteiger partial charge on any atom is 0.410 e. The molecule has 2 heterocycles. The maximum absolute atomic E-state index is 12.2. The van der Waals surface area contributed by atoms with Gasteiger partial charge in [-0.3, -0.25) is 0 Å². The van der Waals surface area contributed by atoms with Crippen molar-refractivity contribution in [2.45, 2.75) is 64.0 Å². The summed E-state index contributed by atoms with van der Waals surface area (Å²) in [5, 5.41) is 3.70. The molecule has 2 spiro atoms. The predicted octanol–water partition coefficient (Wildman–Crippen LogP) is 2.53. The Morgan fingerprint density at radius 2 is 2.00 bits per heavy atom. The minimum Gasteiger partial charge on any atom is -0.444 e. The first-order valence-electron chi connectivity index (χ1n) is 7.55. The zero-order chi connectivity index (χ0) is 13.7. The summed E-state index contributed by atoms with van der Waals surface area (Å²) in [4.78, 5) is 14.1. The third-order valence-corrected chi connectivity index (χ3v) is 4.72. The second-order valence-electron chi connectivity index (χ2n) is 7.82. The summed E-state index contributed by atoms with van der Waals surface area (Å²) in [5.41, 5.74) is 0.357. The van der Waals surface area contributed by atoms with Gasteiger partial charge in [-0.1, -0.05) is 0 Å². The van der Waals surface area contributed by atoms with Crippen LogP contribution in [-0.2, 0) is 4.74 Å². The molecular weight excluding hydrogens is 240 g/mol. The van der Waals surface area contributed by atoms with E-state index in [2.05, 4.69) is 5.32 Å². The van der Waals surface area contributed by atoms with Crippen LogP contribution in [0.5, 0.6) is 0 Å². The third kappa shape index (κ3) is 2.73. The van der Waals surface area contributed by atoms with E-state index < -0.39 is 5.60 Å². The molecule has 3 rings (SSSR count). The standard InChI is InChI=1S/C15H26N2O2/c1-13(2,3)19-12(18)17-8-4-5-14(11-17)9-15(6-7-15)16-10-14/h16H,4-11H2,1-3H3. The van der Waals surface area contributed by atoms with E-state index >= 15 is 0 Å². The van der Waals surface area contributed by atoms with Gasteiger partial charge in [-0.25, -0.2) is 4.79 Å². The van der Waals surface area contributed by atoms with Crippen LogP contribution in [0.15, 0.2) is 0 Å². The van der Waals surface area contributed by atoms with Crippen LogP contribution in [0.4, 0.5) is 4.79 Å². The molecule has 1 atom stereocenters. The Kier molecular flexibility index (Phi) is 2.86. The van der Waals surface area contributed by atoms with Gasteiger partial charge < -0.3 is 15.0 Å². The van der Waals surface area contributed by atoms with Crippen molar-refractivity contribution in [1.29, 1.82) is 0 Å². The molecule has 4 heteroatoms. The Morgan fingerprint density at radius 1 is 1.26 bits per heavy atom. The van der Waals surface area contributed by atoms with Crippen molar-refractivity contribution < 1.29 is 9.53 Å².